The molecule has 1 unspecified atom stereocenters. The molecular formula is C17H18FNO. The SMILES string of the molecule is COc1ccc(-c2ccc3c(c2)C(N)CCC3)cc1F. The molecule has 0 aliphatic heterocycles. The van der Waals surface area contributed by atoms with E-state index in [9.17, 15) is 4.39 Å². The molecule has 2 nitrogen and oxygen atoms in total. The molecule has 1 atom stereocenters. The van der Waals surface area contributed by atoms with Gasteiger partial charge in [-0.25, -0.2) is 4.39 Å². The zero-order valence-corrected chi connectivity index (χ0v) is 11.5. The highest BCUT2D eigenvalue weighted by Gasteiger charge is 2.17. The van der Waals surface area contributed by atoms with Gasteiger partial charge < -0.3 is 10.5 Å². The maximum Gasteiger partial charge on any atom is 0.165 e. The number of halogens is 1. The predicted octanol–water partition coefficient (Wildman–Crippen LogP) is 3.84. The fraction of sp³-hybridized carbons (Fsp3) is 0.294. The molecule has 0 radical (unpaired) electrons. The lowest BCUT2D eigenvalue weighted by molar-refractivity contribution is 0.386. The van der Waals surface area contributed by atoms with Crippen molar-refractivity contribution in [3.05, 3.63) is 53.3 Å². The Bertz CT molecular complexity index is 639. The lowest BCUT2D eigenvalue weighted by atomic mass is 9.86. The molecule has 104 valence electrons. The fourth-order valence-electron chi connectivity index (χ4n) is 2.86. The third-order valence-corrected chi connectivity index (χ3v) is 3.99. The van der Waals surface area contributed by atoms with E-state index in [1.807, 2.05) is 12.1 Å². The molecule has 3 heteroatoms. The van der Waals surface area contributed by atoms with Gasteiger partial charge in [-0.15, -0.1) is 0 Å². The van der Waals surface area contributed by atoms with Crippen LogP contribution in [-0.4, -0.2) is 7.11 Å². The molecule has 0 bridgehead atoms. The zero-order valence-electron chi connectivity index (χ0n) is 11.5. The van der Waals surface area contributed by atoms with Gasteiger partial charge in [-0.3, -0.25) is 0 Å². The van der Waals surface area contributed by atoms with Crippen molar-refractivity contribution in [2.45, 2.75) is 25.3 Å². The van der Waals surface area contributed by atoms with Gasteiger partial charge in [0.2, 0.25) is 0 Å². The molecule has 0 saturated carbocycles. The first kappa shape index (κ1) is 13.1. The van der Waals surface area contributed by atoms with Crippen LogP contribution < -0.4 is 10.5 Å². The molecule has 0 saturated heterocycles. The van der Waals surface area contributed by atoms with Gasteiger partial charge in [-0.1, -0.05) is 18.2 Å². The summed E-state index contributed by atoms with van der Waals surface area (Å²) in [6.45, 7) is 0. The Kier molecular flexibility index (Phi) is 3.45. The molecule has 0 heterocycles. The molecule has 1 aliphatic rings. The Balaban J connectivity index is 2.02. The number of rotatable bonds is 2. The molecular weight excluding hydrogens is 253 g/mol. The van der Waals surface area contributed by atoms with E-state index in [1.54, 1.807) is 6.07 Å². The number of methoxy groups -OCH3 is 1. The van der Waals surface area contributed by atoms with E-state index in [0.29, 0.717) is 0 Å². The van der Waals surface area contributed by atoms with Gasteiger partial charge in [0.1, 0.15) is 0 Å². The third kappa shape index (κ3) is 2.29. The van der Waals surface area contributed by atoms with Crippen LogP contribution in [0.1, 0.15) is 30.0 Å². The minimum Gasteiger partial charge on any atom is -0.494 e. The van der Waals surface area contributed by atoms with Crippen molar-refractivity contribution in [1.29, 1.82) is 0 Å². The first-order valence-electron chi connectivity index (χ1n) is 6.91. The van der Waals surface area contributed by atoms with Crippen molar-refractivity contribution >= 4 is 0 Å². The summed E-state index contributed by atoms with van der Waals surface area (Å²) in [6.07, 6.45) is 3.25. The number of hydrogen-bond donors (Lipinski definition) is 1. The van der Waals surface area contributed by atoms with E-state index >= 15 is 0 Å². The topological polar surface area (TPSA) is 35.2 Å². The fourth-order valence-corrected chi connectivity index (χ4v) is 2.86. The van der Waals surface area contributed by atoms with Crippen molar-refractivity contribution in [1.82, 2.24) is 0 Å². The van der Waals surface area contributed by atoms with Crippen LogP contribution in [0.5, 0.6) is 5.75 Å². The number of hydrogen-bond acceptors (Lipinski definition) is 2. The second kappa shape index (κ2) is 5.25. The number of ether oxygens (including phenoxy) is 1. The largest absolute Gasteiger partial charge is 0.494 e. The zero-order chi connectivity index (χ0) is 14.1. The van der Waals surface area contributed by atoms with E-state index < -0.39 is 0 Å². The highest BCUT2D eigenvalue weighted by molar-refractivity contribution is 5.66. The minimum absolute atomic E-state index is 0.0989. The lowest BCUT2D eigenvalue weighted by Gasteiger charge is -2.23. The molecule has 2 aromatic rings. The molecule has 0 fully saturated rings. The summed E-state index contributed by atoms with van der Waals surface area (Å²) < 4.78 is 18.8. The lowest BCUT2D eigenvalue weighted by Crippen LogP contribution is -2.17. The average molecular weight is 271 g/mol. The Labute approximate surface area is 118 Å². The second-order valence-corrected chi connectivity index (χ2v) is 5.26. The second-order valence-electron chi connectivity index (χ2n) is 5.26. The van der Waals surface area contributed by atoms with Crippen LogP contribution in [0.2, 0.25) is 0 Å². The van der Waals surface area contributed by atoms with Crippen molar-refractivity contribution < 1.29 is 9.13 Å². The Morgan fingerprint density at radius 1 is 1.15 bits per heavy atom. The monoisotopic (exact) mass is 271 g/mol. The van der Waals surface area contributed by atoms with Crippen LogP contribution in [0, 0.1) is 5.82 Å². The maximum absolute atomic E-state index is 13.8. The molecule has 0 spiro atoms. The van der Waals surface area contributed by atoms with Crippen molar-refractivity contribution in [2.75, 3.05) is 7.11 Å². The van der Waals surface area contributed by atoms with E-state index in [2.05, 4.69) is 12.1 Å². The van der Waals surface area contributed by atoms with E-state index in [0.717, 1.165) is 30.4 Å². The molecule has 0 amide bonds. The first-order valence-corrected chi connectivity index (χ1v) is 6.91. The van der Waals surface area contributed by atoms with E-state index in [4.69, 9.17) is 10.5 Å². The molecule has 2 aromatic carbocycles. The van der Waals surface area contributed by atoms with Crippen LogP contribution in [0.4, 0.5) is 4.39 Å². The number of aryl methyl sites for hydroxylation is 1. The van der Waals surface area contributed by atoms with Crippen LogP contribution >= 0.6 is 0 Å². The summed E-state index contributed by atoms with van der Waals surface area (Å²) in [7, 11) is 1.47. The minimum atomic E-state index is -0.341. The van der Waals surface area contributed by atoms with E-state index in [-0.39, 0.29) is 17.6 Å². The van der Waals surface area contributed by atoms with Crippen LogP contribution in [0.3, 0.4) is 0 Å². The van der Waals surface area contributed by atoms with Gasteiger partial charge in [-0.05, 0) is 59.7 Å². The third-order valence-electron chi connectivity index (χ3n) is 3.99. The highest BCUT2D eigenvalue weighted by Crippen LogP contribution is 2.33. The Morgan fingerprint density at radius 2 is 1.90 bits per heavy atom. The molecule has 3 rings (SSSR count). The summed E-state index contributed by atoms with van der Waals surface area (Å²) >= 11 is 0. The van der Waals surface area contributed by atoms with Gasteiger partial charge >= 0.3 is 0 Å². The van der Waals surface area contributed by atoms with Crippen molar-refractivity contribution in [3.8, 4) is 16.9 Å². The smallest absolute Gasteiger partial charge is 0.165 e. The summed E-state index contributed by atoms with van der Waals surface area (Å²) in [5.74, 6) is -0.0737. The molecule has 0 aromatic heterocycles. The highest BCUT2D eigenvalue weighted by atomic mass is 19.1. The standard InChI is InChI=1S/C17H18FNO/c1-20-17-8-7-13(10-15(17)18)12-6-5-11-3-2-4-16(19)14(11)9-12/h5-10,16H,2-4,19H2,1H3. The summed E-state index contributed by atoms with van der Waals surface area (Å²) in [5, 5.41) is 0. The summed E-state index contributed by atoms with van der Waals surface area (Å²) in [4.78, 5) is 0. The average Bonchev–Trinajstić information content (AvgIpc) is 2.47. The summed E-state index contributed by atoms with van der Waals surface area (Å²) in [6, 6.07) is 11.4. The van der Waals surface area contributed by atoms with Gasteiger partial charge in [-0.2, -0.15) is 0 Å². The first-order chi connectivity index (χ1) is 9.69. The van der Waals surface area contributed by atoms with E-state index in [1.165, 1.54) is 24.3 Å². The quantitative estimate of drug-likeness (QED) is 0.900. The molecule has 1 aliphatic carbocycles. The van der Waals surface area contributed by atoms with Gasteiger partial charge in [0.15, 0.2) is 11.6 Å². The predicted molar refractivity (Wildman–Crippen MR) is 78.3 cm³/mol. The van der Waals surface area contributed by atoms with Crippen LogP contribution in [0.25, 0.3) is 11.1 Å². The summed E-state index contributed by atoms with van der Waals surface area (Å²) in [5.41, 5.74) is 10.5. The van der Waals surface area contributed by atoms with Crippen LogP contribution in [0.15, 0.2) is 36.4 Å². The van der Waals surface area contributed by atoms with Gasteiger partial charge in [0.25, 0.3) is 0 Å². The normalized spacial score (nSPS) is 17.6. The number of benzene rings is 2. The molecule has 20 heavy (non-hydrogen) atoms. The maximum atomic E-state index is 13.8. The molecule has 2 N–H and O–H groups in total. The van der Waals surface area contributed by atoms with Crippen molar-refractivity contribution in [2.24, 2.45) is 5.73 Å². The number of nitrogens with two attached hydrogens (primary N) is 1. The number of fused-ring (bicyclic) bond motifs is 1. The van der Waals surface area contributed by atoms with Gasteiger partial charge in [0, 0.05) is 6.04 Å². The van der Waals surface area contributed by atoms with Crippen molar-refractivity contribution in [3.63, 3.8) is 0 Å². The van der Waals surface area contributed by atoms with Gasteiger partial charge in [0.05, 0.1) is 7.11 Å². The Morgan fingerprint density at radius 3 is 2.65 bits per heavy atom. The Hall–Kier alpha value is -1.87. The van der Waals surface area contributed by atoms with Crippen LogP contribution in [-0.2, 0) is 6.42 Å².